The van der Waals surface area contributed by atoms with Crippen LogP contribution in [0.5, 0.6) is 0 Å². The maximum atomic E-state index is 11.1. The Bertz CT molecular complexity index is 131. The number of unbranched alkanes of at least 4 members (excludes halogenated alkanes) is 2. The second-order valence-electron chi connectivity index (χ2n) is 2.84. The summed E-state index contributed by atoms with van der Waals surface area (Å²) in [6.45, 7) is 3.60. The molecule has 0 aromatic carbocycles. The van der Waals surface area contributed by atoms with Crippen molar-refractivity contribution in [2.45, 2.75) is 26.2 Å². The molecule has 0 rings (SSSR count). The van der Waals surface area contributed by atoms with Crippen molar-refractivity contribution in [3.8, 4) is 0 Å². The number of carbonyl (C=O) groups is 1. The minimum atomic E-state index is 0.152. The summed E-state index contributed by atoms with van der Waals surface area (Å²) in [7, 11) is 0. The molecule has 0 aromatic heterocycles. The molecule has 0 atom stereocenters. The minimum absolute atomic E-state index is 0.152. The quantitative estimate of drug-likeness (QED) is 0.580. The molecule has 0 saturated carbocycles. The van der Waals surface area contributed by atoms with Crippen molar-refractivity contribution in [2.24, 2.45) is 5.73 Å². The second-order valence-corrected chi connectivity index (χ2v) is 4.11. The molecule has 1 amide bonds. The number of nitrogens with two attached hydrogens (primary N) is 1. The zero-order chi connectivity index (χ0) is 9.94. The lowest BCUT2D eigenvalue weighted by Crippen LogP contribution is -2.26. The molecule has 0 spiro atoms. The molecule has 0 aromatic rings. The van der Waals surface area contributed by atoms with Gasteiger partial charge in [0.15, 0.2) is 0 Å². The number of nitrogens with one attached hydrogen (secondary N) is 1. The lowest BCUT2D eigenvalue weighted by atomic mass is 10.2. The molecule has 3 nitrogen and oxygen atoms in total. The summed E-state index contributed by atoms with van der Waals surface area (Å²) < 4.78 is 0. The van der Waals surface area contributed by atoms with Gasteiger partial charge in [0.1, 0.15) is 0 Å². The maximum absolute atomic E-state index is 11.1. The van der Waals surface area contributed by atoms with Crippen molar-refractivity contribution in [3.05, 3.63) is 0 Å². The van der Waals surface area contributed by atoms with Gasteiger partial charge in [-0.15, -0.1) is 0 Å². The predicted molar refractivity (Wildman–Crippen MR) is 58.9 cm³/mol. The van der Waals surface area contributed by atoms with Crippen LogP contribution in [0.25, 0.3) is 0 Å². The van der Waals surface area contributed by atoms with Gasteiger partial charge in [0.25, 0.3) is 0 Å². The third-order valence-electron chi connectivity index (χ3n) is 1.64. The van der Waals surface area contributed by atoms with Gasteiger partial charge in [-0.05, 0) is 25.1 Å². The number of carbonyl (C=O) groups excluding carboxylic acids is 1. The first-order valence-electron chi connectivity index (χ1n) is 4.85. The summed E-state index contributed by atoms with van der Waals surface area (Å²) in [6, 6.07) is 0. The lowest BCUT2D eigenvalue weighted by molar-refractivity contribution is -0.118. The fourth-order valence-corrected chi connectivity index (χ4v) is 1.41. The van der Waals surface area contributed by atoms with Crippen molar-refractivity contribution in [1.82, 2.24) is 5.32 Å². The summed E-state index contributed by atoms with van der Waals surface area (Å²) in [5.74, 6) is 1.74. The molecule has 0 fully saturated rings. The van der Waals surface area contributed by atoms with Gasteiger partial charge in [0.2, 0.25) is 5.91 Å². The predicted octanol–water partition coefficient (Wildman–Crippen LogP) is 0.985. The molecule has 0 aliphatic carbocycles. The first kappa shape index (κ1) is 12.8. The maximum Gasteiger partial charge on any atom is 0.229 e. The smallest absolute Gasteiger partial charge is 0.229 e. The number of thioether (sulfide) groups is 1. The Kier molecular flexibility index (Phi) is 9.70. The first-order chi connectivity index (χ1) is 6.31. The SMILES string of the molecule is CCSCC(=O)NCCCCCN. The van der Waals surface area contributed by atoms with E-state index in [2.05, 4.69) is 12.2 Å². The van der Waals surface area contributed by atoms with E-state index < -0.39 is 0 Å². The van der Waals surface area contributed by atoms with E-state index in [9.17, 15) is 4.79 Å². The van der Waals surface area contributed by atoms with Gasteiger partial charge in [-0.1, -0.05) is 13.3 Å². The van der Waals surface area contributed by atoms with Gasteiger partial charge in [0.05, 0.1) is 5.75 Å². The molecule has 0 saturated heterocycles. The zero-order valence-corrected chi connectivity index (χ0v) is 9.16. The summed E-state index contributed by atoms with van der Waals surface area (Å²) in [5.41, 5.74) is 5.35. The van der Waals surface area contributed by atoms with Crippen LogP contribution >= 0.6 is 11.8 Å². The fraction of sp³-hybridized carbons (Fsp3) is 0.889. The van der Waals surface area contributed by atoms with Crippen LogP contribution in [0.4, 0.5) is 0 Å². The molecule has 4 heteroatoms. The summed E-state index contributed by atoms with van der Waals surface area (Å²) in [6.07, 6.45) is 3.21. The Morgan fingerprint density at radius 3 is 2.77 bits per heavy atom. The second kappa shape index (κ2) is 9.86. The molecule has 0 heterocycles. The molecule has 0 radical (unpaired) electrons. The normalized spacial score (nSPS) is 10.0. The van der Waals surface area contributed by atoms with Gasteiger partial charge in [-0.2, -0.15) is 11.8 Å². The molecule has 0 aliphatic rings. The van der Waals surface area contributed by atoms with Crippen molar-refractivity contribution in [2.75, 3.05) is 24.6 Å². The Balaban J connectivity index is 3.08. The Hall–Kier alpha value is -0.220. The van der Waals surface area contributed by atoms with Crippen LogP contribution in [0.1, 0.15) is 26.2 Å². The van der Waals surface area contributed by atoms with E-state index in [1.165, 1.54) is 0 Å². The summed E-state index contributed by atoms with van der Waals surface area (Å²) >= 11 is 1.65. The lowest BCUT2D eigenvalue weighted by Gasteiger charge is -2.03. The van der Waals surface area contributed by atoms with Gasteiger partial charge < -0.3 is 11.1 Å². The summed E-state index contributed by atoms with van der Waals surface area (Å²) in [4.78, 5) is 11.1. The van der Waals surface area contributed by atoms with Crippen LogP contribution in [0.2, 0.25) is 0 Å². The zero-order valence-electron chi connectivity index (χ0n) is 8.34. The molecular weight excluding hydrogens is 184 g/mol. The number of hydrogen-bond donors (Lipinski definition) is 2. The van der Waals surface area contributed by atoms with Crippen LogP contribution in [0.3, 0.4) is 0 Å². The highest BCUT2D eigenvalue weighted by molar-refractivity contribution is 7.99. The highest BCUT2D eigenvalue weighted by Gasteiger charge is 1.98. The van der Waals surface area contributed by atoms with Crippen LogP contribution in [0.15, 0.2) is 0 Å². The topological polar surface area (TPSA) is 55.1 Å². The Labute approximate surface area is 84.8 Å². The minimum Gasteiger partial charge on any atom is -0.355 e. The van der Waals surface area contributed by atoms with E-state index in [1.807, 2.05) is 0 Å². The van der Waals surface area contributed by atoms with Crippen molar-refractivity contribution >= 4 is 17.7 Å². The van der Waals surface area contributed by atoms with E-state index in [-0.39, 0.29) is 5.91 Å². The molecule has 13 heavy (non-hydrogen) atoms. The standard InChI is InChI=1S/C9H20N2OS/c1-2-13-8-9(12)11-7-5-3-4-6-10/h2-8,10H2,1H3,(H,11,12). The fourth-order valence-electron chi connectivity index (χ4n) is 0.920. The van der Waals surface area contributed by atoms with Crippen LogP contribution in [-0.4, -0.2) is 30.5 Å². The number of rotatable bonds is 8. The van der Waals surface area contributed by atoms with Crippen molar-refractivity contribution in [1.29, 1.82) is 0 Å². The van der Waals surface area contributed by atoms with Crippen molar-refractivity contribution in [3.63, 3.8) is 0 Å². The van der Waals surface area contributed by atoms with E-state index in [0.29, 0.717) is 5.75 Å². The number of amides is 1. The van der Waals surface area contributed by atoms with E-state index >= 15 is 0 Å². The molecule has 3 N–H and O–H groups in total. The van der Waals surface area contributed by atoms with Gasteiger partial charge >= 0.3 is 0 Å². The van der Waals surface area contributed by atoms with Gasteiger partial charge in [-0.3, -0.25) is 4.79 Å². The monoisotopic (exact) mass is 204 g/mol. The summed E-state index contributed by atoms with van der Waals surface area (Å²) in [5, 5.41) is 2.88. The third-order valence-corrected chi connectivity index (χ3v) is 2.51. The third kappa shape index (κ3) is 9.70. The van der Waals surface area contributed by atoms with Crippen molar-refractivity contribution < 1.29 is 4.79 Å². The molecule has 78 valence electrons. The molecular formula is C9H20N2OS. The molecule has 0 unspecified atom stereocenters. The largest absolute Gasteiger partial charge is 0.355 e. The van der Waals surface area contributed by atoms with Gasteiger partial charge in [-0.25, -0.2) is 0 Å². The molecule has 0 aliphatic heterocycles. The Morgan fingerprint density at radius 1 is 1.38 bits per heavy atom. The van der Waals surface area contributed by atoms with E-state index in [0.717, 1.165) is 38.1 Å². The highest BCUT2D eigenvalue weighted by atomic mass is 32.2. The highest BCUT2D eigenvalue weighted by Crippen LogP contribution is 1.97. The van der Waals surface area contributed by atoms with Crippen LogP contribution < -0.4 is 11.1 Å². The van der Waals surface area contributed by atoms with E-state index in [4.69, 9.17) is 5.73 Å². The average Bonchev–Trinajstić information content (AvgIpc) is 2.14. The van der Waals surface area contributed by atoms with E-state index in [1.54, 1.807) is 11.8 Å². The Morgan fingerprint density at radius 2 is 2.15 bits per heavy atom. The van der Waals surface area contributed by atoms with Gasteiger partial charge in [0, 0.05) is 6.54 Å². The van der Waals surface area contributed by atoms with Crippen LogP contribution in [-0.2, 0) is 4.79 Å². The average molecular weight is 204 g/mol. The van der Waals surface area contributed by atoms with Crippen LogP contribution in [0, 0.1) is 0 Å². The molecule has 0 bridgehead atoms. The first-order valence-corrected chi connectivity index (χ1v) is 6.01. The number of hydrogen-bond acceptors (Lipinski definition) is 3.